The third-order valence-corrected chi connectivity index (χ3v) is 3.32. The van der Waals surface area contributed by atoms with Crippen LogP contribution in [-0.2, 0) is 6.54 Å². The minimum Gasteiger partial charge on any atom is -0.333 e. The largest absolute Gasteiger partial charge is 0.333 e. The van der Waals surface area contributed by atoms with Crippen LogP contribution < -0.4 is 0 Å². The number of rotatable bonds is 5. The number of amides is 1. The number of carbonyl (C=O) groups excluding carboxylic acids is 1. The first kappa shape index (κ1) is 15.1. The van der Waals surface area contributed by atoms with Crippen molar-refractivity contribution in [1.29, 1.82) is 5.26 Å². The highest BCUT2D eigenvalue weighted by Gasteiger charge is 2.16. The van der Waals surface area contributed by atoms with Gasteiger partial charge < -0.3 is 4.90 Å². The lowest BCUT2D eigenvalue weighted by molar-refractivity contribution is 0.0746. The van der Waals surface area contributed by atoms with E-state index in [2.05, 4.69) is 32.0 Å². The van der Waals surface area contributed by atoms with E-state index in [1.165, 1.54) is 6.20 Å². The van der Waals surface area contributed by atoms with Gasteiger partial charge in [-0.1, -0.05) is 6.07 Å². The molecule has 0 unspecified atom stereocenters. The number of hydrogen-bond acceptors (Lipinski definition) is 4. The highest BCUT2D eigenvalue weighted by atomic mass is 79.9. The standard InChI is InChI=1S/C15H13BrN4O/c16-14-5-4-13(10-19-14)15(21)20(8-2-6-17)11-12-3-1-7-18-9-12/h1,3-5,7,9-10H,2,8,11H2. The molecule has 0 bridgehead atoms. The molecular formula is C15H13BrN4O. The summed E-state index contributed by atoms with van der Waals surface area (Å²) in [6.07, 6.45) is 5.21. The van der Waals surface area contributed by atoms with Crippen molar-refractivity contribution >= 4 is 21.8 Å². The Balaban J connectivity index is 2.17. The number of halogens is 1. The van der Waals surface area contributed by atoms with Gasteiger partial charge in [-0.15, -0.1) is 0 Å². The van der Waals surface area contributed by atoms with Crippen LogP contribution in [0.25, 0.3) is 0 Å². The van der Waals surface area contributed by atoms with Gasteiger partial charge in [0.1, 0.15) is 4.60 Å². The molecule has 6 heteroatoms. The third-order valence-electron chi connectivity index (χ3n) is 2.85. The second-order valence-electron chi connectivity index (χ2n) is 4.37. The minimum atomic E-state index is -0.144. The summed E-state index contributed by atoms with van der Waals surface area (Å²) in [5.74, 6) is -0.144. The summed E-state index contributed by atoms with van der Waals surface area (Å²) < 4.78 is 0.676. The quantitative estimate of drug-likeness (QED) is 0.782. The molecule has 0 saturated carbocycles. The Morgan fingerprint density at radius 1 is 1.33 bits per heavy atom. The summed E-state index contributed by atoms with van der Waals surface area (Å²) in [4.78, 5) is 22.2. The molecule has 0 aromatic carbocycles. The molecule has 2 heterocycles. The Morgan fingerprint density at radius 3 is 2.81 bits per heavy atom. The molecule has 106 valence electrons. The molecule has 0 aliphatic carbocycles. The fraction of sp³-hybridized carbons (Fsp3) is 0.200. The van der Waals surface area contributed by atoms with Crippen LogP contribution in [0.15, 0.2) is 47.5 Å². The van der Waals surface area contributed by atoms with Gasteiger partial charge >= 0.3 is 0 Å². The van der Waals surface area contributed by atoms with Crippen LogP contribution in [0.2, 0.25) is 0 Å². The van der Waals surface area contributed by atoms with E-state index >= 15 is 0 Å². The molecule has 2 aromatic rings. The average Bonchev–Trinajstić information content (AvgIpc) is 2.52. The smallest absolute Gasteiger partial charge is 0.255 e. The van der Waals surface area contributed by atoms with Gasteiger partial charge in [-0.2, -0.15) is 5.26 Å². The Bertz CT molecular complexity index is 637. The molecule has 0 N–H and O–H groups in total. The van der Waals surface area contributed by atoms with E-state index in [1.807, 2.05) is 12.1 Å². The van der Waals surface area contributed by atoms with E-state index in [9.17, 15) is 4.79 Å². The van der Waals surface area contributed by atoms with Gasteiger partial charge in [0, 0.05) is 31.7 Å². The van der Waals surface area contributed by atoms with Crippen molar-refractivity contribution in [2.45, 2.75) is 13.0 Å². The van der Waals surface area contributed by atoms with Crippen LogP contribution in [0.1, 0.15) is 22.3 Å². The van der Waals surface area contributed by atoms with Crippen LogP contribution >= 0.6 is 15.9 Å². The van der Waals surface area contributed by atoms with Crippen molar-refractivity contribution in [2.24, 2.45) is 0 Å². The zero-order chi connectivity index (χ0) is 15.1. The zero-order valence-corrected chi connectivity index (χ0v) is 12.8. The first-order valence-corrected chi connectivity index (χ1v) is 7.16. The number of pyridine rings is 2. The highest BCUT2D eigenvalue weighted by molar-refractivity contribution is 9.10. The van der Waals surface area contributed by atoms with Crippen LogP contribution in [-0.4, -0.2) is 27.3 Å². The third kappa shape index (κ3) is 4.36. The normalized spacial score (nSPS) is 9.90. The number of aromatic nitrogens is 2. The molecule has 2 rings (SSSR count). The first-order valence-electron chi connectivity index (χ1n) is 6.37. The average molecular weight is 345 g/mol. The summed E-state index contributed by atoms with van der Waals surface area (Å²) in [6, 6.07) is 9.22. The first-order chi connectivity index (χ1) is 10.2. The second kappa shape index (κ2) is 7.50. The molecular weight excluding hydrogens is 332 g/mol. The molecule has 0 spiro atoms. The Hall–Kier alpha value is -2.26. The zero-order valence-electron chi connectivity index (χ0n) is 11.2. The second-order valence-corrected chi connectivity index (χ2v) is 5.18. The number of nitriles is 1. The van der Waals surface area contributed by atoms with Crippen molar-refractivity contribution < 1.29 is 4.79 Å². The summed E-state index contributed by atoms with van der Waals surface area (Å²) in [6.45, 7) is 0.796. The molecule has 0 aliphatic heterocycles. The summed E-state index contributed by atoms with van der Waals surface area (Å²) in [5, 5.41) is 8.75. The van der Waals surface area contributed by atoms with E-state index in [4.69, 9.17) is 5.26 Å². The van der Waals surface area contributed by atoms with Crippen LogP contribution in [0.4, 0.5) is 0 Å². The lowest BCUT2D eigenvalue weighted by atomic mass is 10.2. The molecule has 0 atom stereocenters. The topological polar surface area (TPSA) is 69.9 Å². The van der Waals surface area contributed by atoms with Gasteiger partial charge in [-0.3, -0.25) is 9.78 Å². The molecule has 1 amide bonds. The minimum absolute atomic E-state index is 0.144. The van der Waals surface area contributed by atoms with Gasteiger partial charge in [0.2, 0.25) is 0 Å². The summed E-state index contributed by atoms with van der Waals surface area (Å²) in [7, 11) is 0. The van der Waals surface area contributed by atoms with E-state index in [0.29, 0.717) is 23.3 Å². The van der Waals surface area contributed by atoms with Gasteiger partial charge in [-0.05, 0) is 39.7 Å². The van der Waals surface area contributed by atoms with Crippen molar-refractivity contribution in [3.63, 3.8) is 0 Å². The van der Waals surface area contributed by atoms with Crippen LogP contribution in [0, 0.1) is 11.3 Å². The Kier molecular flexibility index (Phi) is 5.41. The van der Waals surface area contributed by atoms with Crippen molar-refractivity contribution in [3.05, 3.63) is 58.6 Å². The molecule has 0 aliphatic rings. The van der Waals surface area contributed by atoms with E-state index in [-0.39, 0.29) is 12.3 Å². The lowest BCUT2D eigenvalue weighted by Crippen LogP contribution is -2.31. The number of hydrogen-bond donors (Lipinski definition) is 0. The molecule has 0 radical (unpaired) electrons. The maximum Gasteiger partial charge on any atom is 0.255 e. The van der Waals surface area contributed by atoms with Gasteiger partial charge in [0.25, 0.3) is 5.91 Å². The van der Waals surface area contributed by atoms with Crippen molar-refractivity contribution in [1.82, 2.24) is 14.9 Å². The monoisotopic (exact) mass is 344 g/mol. The Labute approximate surface area is 131 Å². The fourth-order valence-electron chi connectivity index (χ4n) is 1.83. The van der Waals surface area contributed by atoms with E-state index in [1.54, 1.807) is 29.4 Å². The maximum atomic E-state index is 12.5. The molecule has 2 aromatic heterocycles. The number of carbonyl (C=O) groups is 1. The molecule has 0 saturated heterocycles. The molecule has 0 fully saturated rings. The van der Waals surface area contributed by atoms with Gasteiger partial charge in [-0.25, -0.2) is 4.98 Å². The predicted octanol–water partition coefficient (Wildman–Crippen LogP) is 2.80. The molecule has 5 nitrogen and oxygen atoms in total. The van der Waals surface area contributed by atoms with Gasteiger partial charge in [0.05, 0.1) is 18.1 Å². The maximum absolute atomic E-state index is 12.5. The van der Waals surface area contributed by atoms with E-state index < -0.39 is 0 Å². The summed E-state index contributed by atoms with van der Waals surface area (Å²) in [5.41, 5.74) is 1.42. The van der Waals surface area contributed by atoms with Crippen LogP contribution in [0.5, 0.6) is 0 Å². The Morgan fingerprint density at radius 2 is 2.19 bits per heavy atom. The molecule has 21 heavy (non-hydrogen) atoms. The number of nitrogens with zero attached hydrogens (tertiary/aromatic N) is 4. The van der Waals surface area contributed by atoms with Crippen LogP contribution in [0.3, 0.4) is 0 Å². The fourth-order valence-corrected chi connectivity index (χ4v) is 2.07. The predicted molar refractivity (Wildman–Crippen MR) is 81.1 cm³/mol. The SMILES string of the molecule is N#CCCN(Cc1cccnc1)C(=O)c1ccc(Br)nc1. The summed E-state index contributed by atoms with van der Waals surface area (Å²) >= 11 is 3.24. The van der Waals surface area contributed by atoms with Gasteiger partial charge in [0.15, 0.2) is 0 Å². The van der Waals surface area contributed by atoms with E-state index in [0.717, 1.165) is 5.56 Å². The van der Waals surface area contributed by atoms with Crippen molar-refractivity contribution in [3.8, 4) is 6.07 Å². The highest BCUT2D eigenvalue weighted by Crippen LogP contribution is 2.12. The van der Waals surface area contributed by atoms with Crippen molar-refractivity contribution in [2.75, 3.05) is 6.54 Å². The lowest BCUT2D eigenvalue weighted by Gasteiger charge is -2.21.